The first kappa shape index (κ1) is 11.4. The smallest absolute Gasteiger partial charge is 0.240 e. The molecule has 0 spiro atoms. The predicted octanol–water partition coefficient (Wildman–Crippen LogP) is 2.36. The molecule has 1 aliphatic carbocycles. The third kappa shape index (κ3) is 2.42. The number of hydrogen-bond donors (Lipinski definition) is 0. The summed E-state index contributed by atoms with van der Waals surface area (Å²) in [5, 5.41) is 0. The van der Waals surface area contributed by atoms with Gasteiger partial charge in [-0.1, -0.05) is 0 Å². The summed E-state index contributed by atoms with van der Waals surface area (Å²) in [6, 6.07) is 0. The van der Waals surface area contributed by atoms with E-state index in [4.69, 9.17) is 6.57 Å². The second-order valence-electron chi connectivity index (χ2n) is 4.98. The van der Waals surface area contributed by atoms with Gasteiger partial charge >= 0.3 is 0 Å². The maximum absolute atomic E-state index is 11.6. The molecular weight excluding hydrogens is 196 g/mol. The molecule has 1 rings (SSSR count). The highest BCUT2D eigenvalue weighted by Gasteiger charge is 2.44. The van der Waals surface area contributed by atoms with Crippen molar-refractivity contribution in [2.75, 3.05) is 0 Å². The lowest BCUT2D eigenvalue weighted by molar-refractivity contribution is 0.525. The van der Waals surface area contributed by atoms with E-state index >= 15 is 0 Å². The fraction of sp³-hybridized carbons (Fsp3) is 0.800. The molecule has 4 heteroatoms. The average molecular weight is 212 g/mol. The zero-order chi connectivity index (χ0) is 11.0. The van der Waals surface area contributed by atoms with Gasteiger partial charge in [-0.25, -0.2) is 10.8 Å². The SMILES string of the molecule is [C-]#[N+]C1(C)CC(=N[S@@](=O)C(C)(C)C)C1. The van der Waals surface area contributed by atoms with Gasteiger partial charge in [0, 0.05) is 12.6 Å². The van der Waals surface area contributed by atoms with Crippen molar-refractivity contribution in [2.24, 2.45) is 4.40 Å². The highest BCUT2D eigenvalue weighted by atomic mass is 32.2. The second-order valence-corrected chi connectivity index (χ2v) is 6.89. The zero-order valence-electron chi connectivity index (χ0n) is 9.13. The van der Waals surface area contributed by atoms with E-state index in [0.717, 1.165) is 5.71 Å². The van der Waals surface area contributed by atoms with Crippen LogP contribution in [-0.4, -0.2) is 20.2 Å². The van der Waals surface area contributed by atoms with Crippen LogP contribution in [-0.2, 0) is 11.0 Å². The topological polar surface area (TPSA) is 33.8 Å². The van der Waals surface area contributed by atoms with Crippen LogP contribution in [0.4, 0.5) is 0 Å². The van der Waals surface area contributed by atoms with Crippen LogP contribution in [0.3, 0.4) is 0 Å². The molecule has 0 aromatic carbocycles. The molecule has 0 heterocycles. The number of nitrogens with zero attached hydrogens (tertiary/aromatic N) is 2. The summed E-state index contributed by atoms with van der Waals surface area (Å²) in [5.41, 5.74) is 0.651. The highest BCUT2D eigenvalue weighted by molar-refractivity contribution is 7.85. The minimum Gasteiger partial charge on any atom is -0.310 e. The van der Waals surface area contributed by atoms with Crippen molar-refractivity contribution in [1.29, 1.82) is 0 Å². The largest absolute Gasteiger partial charge is 0.310 e. The van der Waals surface area contributed by atoms with Gasteiger partial charge in [-0.05, 0) is 20.8 Å². The monoisotopic (exact) mass is 212 g/mol. The first-order valence-electron chi connectivity index (χ1n) is 4.64. The maximum Gasteiger partial charge on any atom is 0.240 e. The van der Waals surface area contributed by atoms with Crippen LogP contribution in [0, 0.1) is 6.57 Å². The van der Waals surface area contributed by atoms with Crippen molar-refractivity contribution in [1.82, 2.24) is 0 Å². The average Bonchev–Trinajstić information content (AvgIpc) is 1.99. The summed E-state index contributed by atoms with van der Waals surface area (Å²) >= 11 is 0. The Morgan fingerprint density at radius 1 is 1.50 bits per heavy atom. The molecule has 0 aromatic heterocycles. The van der Waals surface area contributed by atoms with Gasteiger partial charge in [0.25, 0.3) is 0 Å². The van der Waals surface area contributed by atoms with Crippen molar-refractivity contribution in [3.63, 3.8) is 0 Å². The molecular formula is C10H16N2OS. The van der Waals surface area contributed by atoms with E-state index in [1.165, 1.54) is 0 Å². The lowest BCUT2D eigenvalue weighted by Crippen LogP contribution is -2.39. The van der Waals surface area contributed by atoms with E-state index in [0.29, 0.717) is 12.8 Å². The maximum atomic E-state index is 11.6. The van der Waals surface area contributed by atoms with Gasteiger partial charge in [-0.15, -0.1) is 0 Å². The minimum absolute atomic E-state index is 0.277. The Kier molecular flexibility index (Phi) is 2.82. The van der Waals surface area contributed by atoms with E-state index < -0.39 is 11.0 Å². The number of hydrogen-bond acceptors (Lipinski definition) is 1. The molecule has 0 radical (unpaired) electrons. The van der Waals surface area contributed by atoms with Crippen LogP contribution in [0.15, 0.2) is 4.40 Å². The van der Waals surface area contributed by atoms with E-state index in [1.54, 1.807) is 0 Å². The molecule has 78 valence electrons. The molecule has 3 nitrogen and oxygen atoms in total. The Morgan fingerprint density at radius 2 is 2.00 bits per heavy atom. The van der Waals surface area contributed by atoms with E-state index in [-0.39, 0.29) is 10.3 Å². The van der Waals surface area contributed by atoms with E-state index in [9.17, 15) is 4.21 Å². The third-order valence-corrected chi connectivity index (χ3v) is 3.65. The first-order chi connectivity index (χ1) is 6.27. The molecule has 1 saturated carbocycles. The molecule has 0 saturated heterocycles. The number of rotatable bonds is 1. The lowest BCUT2D eigenvalue weighted by atomic mass is 9.77. The molecule has 1 aliphatic rings. The summed E-state index contributed by atoms with van der Waals surface area (Å²) in [5.74, 6) is 0. The molecule has 1 atom stereocenters. The highest BCUT2D eigenvalue weighted by Crippen LogP contribution is 2.33. The van der Waals surface area contributed by atoms with Crippen molar-refractivity contribution in [2.45, 2.75) is 50.8 Å². The Bertz CT molecular complexity index is 325. The van der Waals surface area contributed by atoms with Gasteiger partial charge in [-0.3, -0.25) is 0 Å². The van der Waals surface area contributed by atoms with Crippen LogP contribution in [0.5, 0.6) is 0 Å². The summed E-state index contributed by atoms with van der Waals surface area (Å²) in [6.07, 6.45) is 1.36. The van der Waals surface area contributed by atoms with Gasteiger partial charge in [0.05, 0.1) is 17.6 Å². The second kappa shape index (κ2) is 3.47. The standard InChI is InChI=1S/C10H16N2OS/c1-9(2,3)14(13)12-8-6-10(4,7-8)11-5/h6-7H2,1-4H3/t10?,14-/m0/s1. The first-order valence-corrected chi connectivity index (χ1v) is 5.75. The van der Waals surface area contributed by atoms with Crippen molar-refractivity contribution in [3.05, 3.63) is 11.4 Å². The lowest BCUT2D eigenvalue weighted by Gasteiger charge is -2.28. The molecule has 14 heavy (non-hydrogen) atoms. The van der Waals surface area contributed by atoms with Crippen LogP contribution in [0.25, 0.3) is 4.85 Å². The normalized spacial score (nSPS) is 28.9. The van der Waals surface area contributed by atoms with E-state index in [2.05, 4.69) is 9.24 Å². The molecule has 0 N–H and O–H groups in total. The summed E-state index contributed by atoms with van der Waals surface area (Å²) in [6.45, 7) is 14.6. The van der Waals surface area contributed by atoms with Crippen LogP contribution in [0.2, 0.25) is 0 Å². The minimum atomic E-state index is -1.17. The fourth-order valence-corrected chi connectivity index (χ4v) is 1.86. The van der Waals surface area contributed by atoms with Gasteiger partial charge < -0.3 is 4.85 Å². The summed E-state index contributed by atoms with van der Waals surface area (Å²) < 4.78 is 15.5. The van der Waals surface area contributed by atoms with Crippen molar-refractivity contribution >= 4 is 16.7 Å². The Balaban J connectivity index is 2.61. The Morgan fingerprint density at radius 3 is 2.36 bits per heavy atom. The molecule has 1 fully saturated rings. The van der Waals surface area contributed by atoms with Crippen molar-refractivity contribution < 1.29 is 4.21 Å². The zero-order valence-corrected chi connectivity index (χ0v) is 9.94. The molecule has 0 amide bonds. The van der Waals surface area contributed by atoms with E-state index in [1.807, 2.05) is 27.7 Å². The molecule has 0 bridgehead atoms. The van der Waals surface area contributed by atoms with Crippen LogP contribution < -0.4 is 0 Å². The summed E-state index contributed by atoms with van der Waals surface area (Å²) in [4.78, 5) is 3.52. The van der Waals surface area contributed by atoms with Crippen LogP contribution >= 0.6 is 0 Å². The van der Waals surface area contributed by atoms with Gasteiger partial charge in [-0.2, -0.15) is 4.40 Å². The third-order valence-electron chi connectivity index (χ3n) is 2.18. The quantitative estimate of drug-likeness (QED) is 0.614. The van der Waals surface area contributed by atoms with Crippen molar-refractivity contribution in [3.8, 4) is 0 Å². The van der Waals surface area contributed by atoms with Gasteiger partial charge in [0.2, 0.25) is 5.54 Å². The predicted molar refractivity (Wildman–Crippen MR) is 59.6 cm³/mol. The Hall–Kier alpha value is -0.690. The van der Waals surface area contributed by atoms with Gasteiger partial charge in [0.1, 0.15) is 11.0 Å². The molecule has 0 aromatic rings. The van der Waals surface area contributed by atoms with Crippen LogP contribution in [0.1, 0.15) is 40.5 Å². The molecule has 0 unspecified atom stereocenters. The summed E-state index contributed by atoms with van der Waals surface area (Å²) in [7, 11) is -1.17. The molecule has 0 aliphatic heterocycles. The van der Waals surface area contributed by atoms with Gasteiger partial charge in [0.15, 0.2) is 0 Å². The Labute approximate surface area is 88.0 Å². The fourth-order valence-electron chi connectivity index (χ4n) is 1.23.